The first-order valence-electron chi connectivity index (χ1n) is 5.43. The van der Waals surface area contributed by atoms with E-state index in [1.807, 2.05) is 0 Å². The Kier molecular flexibility index (Phi) is 1.91. The molecule has 2 fully saturated rings. The van der Waals surface area contributed by atoms with Gasteiger partial charge in [-0.15, -0.1) is 0 Å². The number of allylic oxidation sites excluding steroid dienone is 2. The van der Waals surface area contributed by atoms with Crippen molar-refractivity contribution in [3.8, 4) is 0 Å². The molecule has 72 valence electrons. The van der Waals surface area contributed by atoms with Gasteiger partial charge in [0.25, 0.3) is 0 Å². The van der Waals surface area contributed by atoms with Crippen LogP contribution in [0.25, 0.3) is 0 Å². The van der Waals surface area contributed by atoms with Gasteiger partial charge in [0.05, 0.1) is 13.2 Å². The molecular weight excluding hydrogens is 162 g/mol. The van der Waals surface area contributed by atoms with Crippen molar-refractivity contribution in [3.63, 3.8) is 0 Å². The van der Waals surface area contributed by atoms with E-state index in [1.165, 1.54) is 12.8 Å². The second-order valence-electron chi connectivity index (χ2n) is 4.58. The van der Waals surface area contributed by atoms with E-state index in [0.717, 1.165) is 37.5 Å². The fraction of sp³-hybridized carbons (Fsp3) is 0.818. The molecule has 2 bridgehead atoms. The van der Waals surface area contributed by atoms with Crippen molar-refractivity contribution < 1.29 is 4.74 Å². The van der Waals surface area contributed by atoms with Crippen LogP contribution >= 0.6 is 0 Å². The van der Waals surface area contributed by atoms with Crippen LogP contribution in [0, 0.1) is 17.8 Å². The van der Waals surface area contributed by atoms with Gasteiger partial charge in [-0.25, -0.2) is 0 Å². The van der Waals surface area contributed by atoms with Crippen LogP contribution in [0.1, 0.15) is 12.8 Å². The van der Waals surface area contributed by atoms with Crippen molar-refractivity contribution in [2.75, 3.05) is 19.8 Å². The topological polar surface area (TPSA) is 21.3 Å². The molecule has 0 aromatic rings. The maximum atomic E-state index is 5.52. The molecule has 0 spiro atoms. The number of nitrogens with one attached hydrogen (secondary N) is 1. The number of hydrogen-bond acceptors (Lipinski definition) is 2. The lowest BCUT2D eigenvalue weighted by molar-refractivity contribution is 0.0516. The van der Waals surface area contributed by atoms with Gasteiger partial charge < -0.3 is 10.1 Å². The molecule has 1 aliphatic heterocycles. The predicted molar refractivity (Wildman–Crippen MR) is 51.5 cm³/mol. The Balaban J connectivity index is 1.68. The van der Waals surface area contributed by atoms with E-state index in [0.29, 0.717) is 6.04 Å². The molecule has 0 amide bonds. The minimum atomic E-state index is 0.633. The molecule has 1 saturated heterocycles. The van der Waals surface area contributed by atoms with Crippen molar-refractivity contribution in [2.45, 2.75) is 18.9 Å². The summed E-state index contributed by atoms with van der Waals surface area (Å²) in [6.07, 6.45) is 7.63. The highest BCUT2D eigenvalue weighted by atomic mass is 16.5. The molecule has 1 heterocycles. The van der Waals surface area contributed by atoms with E-state index >= 15 is 0 Å². The van der Waals surface area contributed by atoms with Crippen LogP contribution in [-0.4, -0.2) is 25.8 Å². The lowest BCUT2D eigenvalue weighted by Gasteiger charge is -2.32. The van der Waals surface area contributed by atoms with E-state index in [1.54, 1.807) is 0 Å². The Labute approximate surface area is 79.3 Å². The lowest BCUT2D eigenvalue weighted by Crippen LogP contribution is -2.47. The second-order valence-corrected chi connectivity index (χ2v) is 4.58. The van der Waals surface area contributed by atoms with Gasteiger partial charge in [-0.2, -0.15) is 0 Å². The monoisotopic (exact) mass is 179 g/mol. The third-order valence-corrected chi connectivity index (χ3v) is 3.80. The number of rotatable bonds is 1. The van der Waals surface area contributed by atoms with Gasteiger partial charge in [-0.1, -0.05) is 12.2 Å². The van der Waals surface area contributed by atoms with Crippen LogP contribution in [-0.2, 0) is 4.74 Å². The Hall–Kier alpha value is -0.340. The van der Waals surface area contributed by atoms with Gasteiger partial charge in [-0.3, -0.25) is 0 Å². The molecule has 13 heavy (non-hydrogen) atoms. The van der Waals surface area contributed by atoms with Crippen LogP contribution in [0.4, 0.5) is 0 Å². The van der Waals surface area contributed by atoms with E-state index in [2.05, 4.69) is 17.5 Å². The van der Waals surface area contributed by atoms with E-state index in [9.17, 15) is 0 Å². The summed E-state index contributed by atoms with van der Waals surface area (Å²) in [4.78, 5) is 0. The van der Waals surface area contributed by atoms with E-state index in [4.69, 9.17) is 4.74 Å². The molecule has 2 aliphatic carbocycles. The van der Waals surface area contributed by atoms with Crippen LogP contribution in [0.3, 0.4) is 0 Å². The van der Waals surface area contributed by atoms with Crippen LogP contribution < -0.4 is 5.32 Å². The molecular formula is C11H17NO. The smallest absolute Gasteiger partial charge is 0.0623 e. The van der Waals surface area contributed by atoms with Crippen molar-refractivity contribution in [3.05, 3.63) is 12.2 Å². The largest absolute Gasteiger partial charge is 0.379 e. The molecule has 1 saturated carbocycles. The molecule has 1 N–H and O–H groups in total. The predicted octanol–water partition coefficient (Wildman–Crippen LogP) is 1.19. The Morgan fingerprint density at radius 2 is 2.23 bits per heavy atom. The molecule has 2 nitrogen and oxygen atoms in total. The first-order valence-corrected chi connectivity index (χ1v) is 5.43. The summed E-state index contributed by atoms with van der Waals surface area (Å²) in [6, 6.07) is 0.633. The first-order chi connectivity index (χ1) is 6.43. The zero-order valence-corrected chi connectivity index (χ0v) is 7.91. The molecule has 4 atom stereocenters. The van der Waals surface area contributed by atoms with Gasteiger partial charge in [0.2, 0.25) is 0 Å². The van der Waals surface area contributed by atoms with Crippen molar-refractivity contribution in [2.24, 2.45) is 17.8 Å². The molecule has 0 aromatic heterocycles. The standard InChI is InChI=1S/C11H17NO/c1-2-9-5-8(1)6-10(9)11-7-13-4-3-12-11/h1-2,8-12H,3-7H2. The zero-order chi connectivity index (χ0) is 8.67. The second kappa shape index (κ2) is 3.10. The third-order valence-electron chi connectivity index (χ3n) is 3.80. The van der Waals surface area contributed by atoms with Crippen molar-refractivity contribution >= 4 is 0 Å². The SMILES string of the molecule is C1=CC2CC1CC2C1COCCN1. The summed E-state index contributed by atoms with van der Waals surface area (Å²) in [5, 5.41) is 3.59. The van der Waals surface area contributed by atoms with E-state index < -0.39 is 0 Å². The fourth-order valence-corrected chi connectivity index (χ4v) is 3.15. The average Bonchev–Trinajstić information content (AvgIpc) is 2.80. The fourth-order valence-electron chi connectivity index (χ4n) is 3.15. The van der Waals surface area contributed by atoms with Crippen LogP contribution in [0.2, 0.25) is 0 Å². The normalized spacial score (nSPS) is 48.6. The Bertz CT molecular complexity index is 220. The van der Waals surface area contributed by atoms with Crippen LogP contribution in [0.5, 0.6) is 0 Å². The van der Waals surface area contributed by atoms with Crippen molar-refractivity contribution in [1.29, 1.82) is 0 Å². The molecule has 3 aliphatic rings. The van der Waals surface area contributed by atoms with Gasteiger partial charge >= 0.3 is 0 Å². The Morgan fingerprint density at radius 1 is 1.23 bits per heavy atom. The Morgan fingerprint density at radius 3 is 2.85 bits per heavy atom. The van der Waals surface area contributed by atoms with Gasteiger partial charge in [0.15, 0.2) is 0 Å². The summed E-state index contributed by atoms with van der Waals surface area (Å²) in [5.41, 5.74) is 0. The summed E-state index contributed by atoms with van der Waals surface area (Å²) < 4.78 is 5.52. The highest BCUT2D eigenvalue weighted by Crippen LogP contribution is 2.45. The number of hydrogen-bond donors (Lipinski definition) is 1. The van der Waals surface area contributed by atoms with Gasteiger partial charge in [-0.05, 0) is 30.6 Å². The number of morpholine rings is 1. The molecule has 3 rings (SSSR count). The number of ether oxygens (including phenoxy) is 1. The minimum Gasteiger partial charge on any atom is -0.379 e. The molecule has 0 aromatic carbocycles. The zero-order valence-electron chi connectivity index (χ0n) is 7.91. The highest BCUT2D eigenvalue weighted by molar-refractivity contribution is 5.12. The number of fused-ring (bicyclic) bond motifs is 2. The highest BCUT2D eigenvalue weighted by Gasteiger charge is 2.40. The van der Waals surface area contributed by atoms with Crippen LogP contribution in [0.15, 0.2) is 12.2 Å². The first kappa shape index (κ1) is 8.01. The minimum absolute atomic E-state index is 0.633. The maximum Gasteiger partial charge on any atom is 0.0623 e. The molecule has 2 heteroatoms. The summed E-state index contributed by atoms with van der Waals surface area (Å²) in [7, 11) is 0. The maximum absolute atomic E-state index is 5.52. The summed E-state index contributed by atoms with van der Waals surface area (Å²) in [5.74, 6) is 2.60. The average molecular weight is 179 g/mol. The quantitative estimate of drug-likeness (QED) is 0.610. The molecule has 0 radical (unpaired) electrons. The summed E-state index contributed by atoms with van der Waals surface area (Å²) >= 11 is 0. The molecule has 4 unspecified atom stereocenters. The van der Waals surface area contributed by atoms with Crippen molar-refractivity contribution in [1.82, 2.24) is 5.32 Å². The van der Waals surface area contributed by atoms with E-state index in [-0.39, 0.29) is 0 Å². The van der Waals surface area contributed by atoms with Gasteiger partial charge in [0.1, 0.15) is 0 Å². The summed E-state index contributed by atoms with van der Waals surface area (Å²) in [6.45, 7) is 2.87. The van der Waals surface area contributed by atoms with Gasteiger partial charge in [0, 0.05) is 12.6 Å². The third kappa shape index (κ3) is 1.32. The lowest BCUT2D eigenvalue weighted by atomic mass is 9.87.